The highest BCUT2D eigenvalue weighted by Crippen LogP contribution is 2.44. The second-order valence-electron chi connectivity index (χ2n) is 16.5. The first-order valence-electron chi connectivity index (χ1n) is 21.5. The highest BCUT2D eigenvalue weighted by molar-refractivity contribution is 6.21. The first-order chi connectivity index (χ1) is 31.3. The van der Waals surface area contributed by atoms with E-state index in [1.54, 1.807) is 0 Å². The van der Waals surface area contributed by atoms with Crippen LogP contribution in [0.15, 0.2) is 212 Å². The fourth-order valence-electron chi connectivity index (χ4n) is 10.5. The van der Waals surface area contributed by atoms with Gasteiger partial charge in [0.1, 0.15) is 5.69 Å². The van der Waals surface area contributed by atoms with E-state index in [0.717, 1.165) is 72.3 Å². The maximum absolute atomic E-state index is 5.60. The molecule has 0 N–H and O–H groups in total. The van der Waals surface area contributed by atoms with Gasteiger partial charge < -0.3 is 9.13 Å². The molecule has 0 bridgehead atoms. The summed E-state index contributed by atoms with van der Waals surface area (Å²) in [5.74, 6) is 0.795. The van der Waals surface area contributed by atoms with Gasteiger partial charge in [0.05, 0.1) is 49.8 Å². The van der Waals surface area contributed by atoms with Crippen molar-refractivity contribution in [3.63, 3.8) is 0 Å². The largest absolute Gasteiger partial charge is 0.309 e. The van der Waals surface area contributed by atoms with Gasteiger partial charge in [0.25, 0.3) is 0 Å². The van der Waals surface area contributed by atoms with E-state index in [4.69, 9.17) is 9.97 Å². The third-order valence-corrected chi connectivity index (χ3v) is 13.2. The standard InChI is InChI=1S/C58H35N5/c1-2-18-38(19-3-1)61-51-29-13-8-23-43(51)55-44(24-15-31-53(55)61)56-58(60-48-26-10-9-25-47(48)59-56)63-50-28-12-7-22-41(50)46-34-37-17-14-30-52(45(37)35-54(46)63)62-49-27-11-6-21-40(49)42-33-32-36-16-4-5-20-39(36)57(42)62/h1-35H. The van der Waals surface area contributed by atoms with Crippen LogP contribution in [-0.2, 0) is 0 Å². The van der Waals surface area contributed by atoms with E-state index in [1.807, 2.05) is 6.07 Å². The van der Waals surface area contributed by atoms with E-state index in [1.165, 1.54) is 54.1 Å². The second-order valence-corrected chi connectivity index (χ2v) is 16.5. The summed E-state index contributed by atoms with van der Waals surface area (Å²) in [4.78, 5) is 11.2. The number of para-hydroxylation sites is 6. The van der Waals surface area contributed by atoms with E-state index in [0.29, 0.717) is 0 Å². The lowest BCUT2D eigenvalue weighted by molar-refractivity contribution is 1.08. The Bertz CT molecular complexity index is 4210. The summed E-state index contributed by atoms with van der Waals surface area (Å²) in [6, 6.07) is 76.5. The summed E-state index contributed by atoms with van der Waals surface area (Å²) < 4.78 is 7.22. The van der Waals surface area contributed by atoms with Crippen LogP contribution >= 0.6 is 0 Å². The molecule has 5 nitrogen and oxygen atoms in total. The molecule has 0 unspecified atom stereocenters. The van der Waals surface area contributed by atoms with Gasteiger partial charge in [0.2, 0.25) is 0 Å². The molecule has 0 fully saturated rings. The maximum Gasteiger partial charge on any atom is 0.165 e. The summed E-state index contributed by atoms with van der Waals surface area (Å²) >= 11 is 0. The third-order valence-electron chi connectivity index (χ3n) is 13.2. The van der Waals surface area contributed by atoms with Gasteiger partial charge in [-0.2, -0.15) is 0 Å². The fourth-order valence-corrected chi connectivity index (χ4v) is 10.5. The molecule has 0 saturated heterocycles. The van der Waals surface area contributed by atoms with Crippen molar-refractivity contribution in [1.29, 1.82) is 0 Å². The fraction of sp³-hybridized carbons (Fsp3) is 0. The Labute approximate surface area is 360 Å². The Balaban J connectivity index is 1.12. The maximum atomic E-state index is 5.60. The Morgan fingerprint density at radius 1 is 0.317 bits per heavy atom. The Kier molecular flexibility index (Phi) is 7.05. The van der Waals surface area contributed by atoms with Crippen LogP contribution in [0.25, 0.3) is 126 Å². The minimum Gasteiger partial charge on any atom is -0.309 e. The summed E-state index contributed by atoms with van der Waals surface area (Å²) in [6.45, 7) is 0. The van der Waals surface area contributed by atoms with Crippen molar-refractivity contribution in [3.05, 3.63) is 212 Å². The average molecular weight is 802 g/mol. The van der Waals surface area contributed by atoms with Gasteiger partial charge in [-0.15, -0.1) is 0 Å². The van der Waals surface area contributed by atoms with Crippen molar-refractivity contribution in [1.82, 2.24) is 23.7 Å². The van der Waals surface area contributed by atoms with Gasteiger partial charge in [-0.05, 0) is 77.5 Å². The Hall–Kier alpha value is -8.54. The normalized spacial score (nSPS) is 12.1. The second kappa shape index (κ2) is 13.0. The Morgan fingerprint density at radius 3 is 1.73 bits per heavy atom. The monoisotopic (exact) mass is 801 g/mol. The van der Waals surface area contributed by atoms with Crippen LogP contribution in [-0.4, -0.2) is 23.7 Å². The van der Waals surface area contributed by atoms with E-state index in [2.05, 4.69) is 220 Å². The quantitative estimate of drug-likeness (QED) is 0.178. The molecule has 0 atom stereocenters. The van der Waals surface area contributed by atoms with Crippen LogP contribution < -0.4 is 0 Å². The predicted octanol–water partition coefficient (Wildman–Crippen LogP) is 14.9. The predicted molar refractivity (Wildman–Crippen MR) is 263 cm³/mol. The van der Waals surface area contributed by atoms with E-state index >= 15 is 0 Å². The van der Waals surface area contributed by atoms with Crippen molar-refractivity contribution in [2.75, 3.05) is 0 Å². The molecule has 14 rings (SSSR count). The average Bonchev–Trinajstić information content (AvgIpc) is 3.99. The van der Waals surface area contributed by atoms with Crippen LogP contribution in [0.1, 0.15) is 0 Å². The van der Waals surface area contributed by atoms with Gasteiger partial charge >= 0.3 is 0 Å². The van der Waals surface area contributed by atoms with E-state index in [-0.39, 0.29) is 0 Å². The number of nitrogens with zero attached hydrogens (tertiary/aromatic N) is 5. The zero-order chi connectivity index (χ0) is 41.2. The minimum absolute atomic E-state index is 0.795. The van der Waals surface area contributed by atoms with Crippen LogP contribution in [0.2, 0.25) is 0 Å². The molecule has 5 heteroatoms. The van der Waals surface area contributed by atoms with Crippen molar-refractivity contribution in [3.8, 4) is 28.5 Å². The summed E-state index contributed by atoms with van der Waals surface area (Å²) in [6.07, 6.45) is 0. The molecule has 292 valence electrons. The molecular weight excluding hydrogens is 767 g/mol. The molecule has 0 radical (unpaired) electrons. The number of hydrogen-bond acceptors (Lipinski definition) is 2. The van der Waals surface area contributed by atoms with Crippen LogP contribution in [0, 0.1) is 0 Å². The van der Waals surface area contributed by atoms with Gasteiger partial charge in [-0.1, -0.05) is 146 Å². The molecule has 0 spiro atoms. The molecule has 14 aromatic rings. The third kappa shape index (κ3) is 4.82. The zero-order valence-electron chi connectivity index (χ0n) is 33.9. The van der Waals surface area contributed by atoms with Gasteiger partial charge in [-0.3, -0.25) is 4.57 Å². The van der Waals surface area contributed by atoms with Crippen molar-refractivity contribution < 1.29 is 0 Å². The number of rotatable bonds is 4. The van der Waals surface area contributed by atoms with Gasteiger partial charge in [0, 0.05) is 54.3 Å². The smallest absolute Gasteiger partial charge is 0.165 e. The molecule has 4 aromatic heterocycles. The van der Waals surface area contributed by atoms with Crippen LogP contribution in [0.4, 0.5) is 0 Å². The minimum atomic E-state index is 0.795. The lowest BCUT2D eigenvalue weighted by Gasteiger charge is -2.16. The van der Waals surface area contributed by atoms with Crippen molar-refractivity contribution >= 4 is 98.0 Å². The first-order valence-corrected chi connectivity index (χ1v) is 21.5. The van der Waals surface area contributed by atoms with E-state index < -0.39 is 0 Å². The lowest BCUT2D eigenvalue weighted by atomic mass is 10.0. The summed E-state index contributed by atoms with van der Waals surface area (Å²) in [7, 11) is 0. The van der Waals surface area contributed by atoms with Crippen LogP contribution in [0.3, 0.4) is 0 Å². The number of hydrogen-bond donors (Lipinski definition) is 0. The molecule has 0 aliphatic rings. The zero-order valence-corrected chi connectivity index (χ0v) is 33.9. The SMILES string of the molecule is c1ccc(-n2c3ccccc3c3c(-c4nc5ccccc5nc4-n4c5ccccc5c5cc6cccc(-n7c8ccccc8c8ccc9ccccc9c87)c6cc54)cccc32)cc1. The molecule has 63 heavy (non-hydrogen) atoms. The topological polar surface area (TPSA) is 40.6 Å². The molecular formula is C58H35N5. The molecule has 0 saturated carbocycles. The highest BCUT2D eigenvalue weighted by Gasteiger charge is 2.24. The van der Waals surface area contributed by atoms with Gasteiger partial charge in [0.15, 0.2) is 5.82 Å². The molecule has 0 aliphatic heterocycles. The van der Waals surface area contributed by atoms with Crippen molar-refractivity contribution in [2.24, 2.45) is 0 Å². The highest BCUT2D eigenvalue weighted by atomic mass is 15.1. The summed E-state index contributed by atoms with van der Waals surface area (Å²) in [5.41, 5.74) is 12.7. The summed E-state index contributed by atoms with van der Waals surface area (Å²) in [5, 5.41) is 11.9. The Morgan fingerprint density at radius 2 is 0.921 bits per heavy atom. The van der Waals surface area contributed by atoms with Gasteiger partial charge in [-0.25, -0.2) is 9.97 Å². The number of fused-ring (bicyclic) bond motifs is 13. The van der Waals surface area contributed by atoms with Crippen molar-refractivity contribution in [2.45, 2.75) is 0 Å². The molecule has 4 heterocycles. The van der Waals surface area contributed by atoms with E-state index in [9.17, 15) is 0 Å². The molecule has 10 aromatic carbocycles. The lowest BCUT2D eigenvalue weighted by Crippen LogP contribution is -2.04. The molecule has 0 amide bonds. The molecule has 0 aliphatic carbocycles. The van der Waals surface area contributed by atoms with Crippen LogP contribution in [0.5, 0.6) is 0 Å². The number of aromatic nitrogens is 5. The first kappa shape index (κ1) is 34.2. The number of benzene rings is 10.